The minimum atomic E-state index is -3.21. The summed E-state index contributed by atoms with van der Waals surface area (Å²) in [4.78, 5) is 13.7. The van der Waals surface area contributed by atoms with Crippen molar-refractivity contribution in [2.24, 2.45) is 5.73 Å². The lowest BCUT2D eigenvalue weighted by Crippen LogP contribution is -2.45. The molecule has 0 saturated carbocycles. The first kappa shape index (κ1) is 11.9. The molecule has 2 N–H and O–H groups in total. The summed E-state index contributed by atoms with van der Waals surface area (Å²) in [5, 5.41) is -0.799. The zero-order valence-electron chi connectivity index (χ0n) is 9.26. The number of sulfone groups is 1. The van der Waals surface area contributed by atoms with Crippen LogP contribution in [0.5, 0.6) is 0 Å². The molecule has 0 radical (unpaired) electrons. The third-order valence-electron chi connectivity index (χ3n) is 3.39. The van der Waals surface area contributed by atoms with Crippen LogP contribution >= 0.6 is 0 Å². The molecule has 2 atom stereocenters. The van der Waals surface area contributed by atoms with Gasteiger partial charge in [-0.1, -0.05) is 6.42 Å². The molecule has 5 nitrogen and oxygen atoms in total. The fourth-order valence-corrected chi connectivity index (χ4v) is 4.30. The van der Waals surface area contributed by atoms with Gasteiger partial charge in [-0.15, -0.1) is 0 Å². The molecular formula is C10H18N2O3S. The van der Waals surface area contributed by atoms with Crippen molar-refractivity contribution in [3.8, 4) is 0 Å². The largest absolute Gasteiger partial charge is 0.340 e. The summed E-state index contributed by atoms with van der Waals surface area (Å²) in [5.41, 5.74) is 5.72. The summed E-state index contributed by atoms with van der Waals surface area (Å²) >= 11 is 0. The molecule has 0 spiro atoms. The molecule has 2 aliphatic rings. The Hall–Kier alpha value is -0.620. The molecule has 2 saturated heterocycles. The van der Waals surface area contributed by atoms with Crippen LogP contribution in [0.25, 0.3) is 0 Å². The molecule has 2 rings (SSSR count). The number of hydrogen-bond acceptors (Lipinski definition) is 4. The summed E-state index contributed by atoms with van der Waals surface area (Å²) in [7, 11) is -3.21. The molecule has 0 aromatic rings. The summed E-state index contributed by atoms with van der Waals surface area (Å²) in [5.74, 6) is -0.0730. The van der Waals surface area contributed by atoms with E-state index in [0.29, 0.717) is 25.9 Å². The molecule has 2 heterocycles. The molecule has 0 aliphatic carbocycles. The van der Waals surface area contributed by atoms with Crippen LogP contribution in [0.3, 0.4) is 0 Å². The van der Waals surface area contributed by atoms with E-state index in [4.69, 9.17) is 5.73 Å². The third-order valence-corrected chi connectivity index (χ3v) is 5.55. The fraction of sp³-hybridized carbons (Fsp3) is 0.900. The van der Waals surface area contributed by atoms with E-state index in [-0.39, 0.29) is 17.7 Å². The van der Waals surface area contributed by atoms with Gasteiger partial charge in [-0.05, 0) is 19.3 Å². The smallest absolute Gasteiger partial charge is 0.240 e. The maximum atomic E-state index is 12.1. The average Bonchev–Trinajstić information content (AvgIpc) is 2.63. The Bertz CT molecular complexity index is 380. The average molecular weight is 246 g/mol. The van der Waals surface area contributed by atoms with Gasteiger partial charge in [0.2, 0.25) is 5.91 Å². The number of hydrogen-bond donors (Lipinski definition) is 1. The van der Waals surface area contributed by atoms with Gasteiger partial charge < -0.3 is 10.6 Å². The molecule has 0 aromatic carbocycles. The minimum Gasteiger partial charge on any atom is -0.340 e. The zero-order valence-corrected chi connectivity index (χ0v) is 10.1. The lowest BCUT2D eigenvalue weighted by Gasteiger charge is -2.26. The molecule has 0 aromatic heterocycles. The first-order valence-electron chi connectivity index (χ1n) is 5.76. The number of rotatable bonds is 1. The first-order chi connectivity index (χ1) is 7.50. The van der Waals surface area contributed by atoms with E-state index >= 15 is 0 Å². The number of carbonyl (C=O) groups excluding carboxylic acids is 1. The maximum absolute atomic E-state index is 12.1. The Morgan fingerprint density at radius 2 is 2.00 bits per heavy atom. The fourth-order valence-electron chi connectivity index (χ4n) is 2.42. The third kappa shape index (κ3) is 2.22. The van der Waals surface area contributed by atoms with E-state index in [0.717, 1.165) is 12.8 Å². The van der Waals surface area contributed by atoms with Crippen molar-refractivity contribution in [2.75, 3.05) is 18.8 Å². The van der Waals surface area contributed by atoms with Crippen molar-refractivity contribution < 1.29 is 13.2 Å². The number of amides is 1. The Labute approximate surface area is 95.9 Å². The molecule has 16 heavy (non-hydrogen) atoms. The van der Waals surface area contributed by atoms with Gasteiger partial charge in [0.1, 0.15) is 5.25 Å². The first-order valence-corrected chi connectivity index (χ1v) is 7.48. The van der Waals surface area contributed by atoms with Gasteiger partial charge in [0.05, 0.1) is 5.75 Å². The number of nitrogens with two attached hydrogens (primary N) is 1. The van der Waals surface area contributed by atoms with E-state index in [1.165, 1.54) is 0 Å². The van der Waals surface area contributed by atoms with Gasteiger partial charge in [-0.25, -0.2) is 8.42 Å². The number of likely N-dealkylation sites (tertiary alicyclic amines) is 1. The van der Waals surface area contributed by atoms with Gasteiger partial charge >= 0.3 is 0 Å². The highest BCUT2D eigenvalue weighted by Gasteiger charge is 2.38. The lowest BCUT2D eigenvalue weighted by atomic mass is 10.2. The highest BCUT2D eigenvalue weighted by molar-refractivity contribution is 7.92. The van der Waals surface area contributed by atoms with Crippen molar-refractivity contribution in [2.45, 2.75) is 37.0 Å². The highest BCUT2D eigenvalue weighted by Crippen LogP contribution is 2.22. The standard InChI is InChI=1S/C10H18N2O3S/c11-8-4-5-12(7-8)10(13)9-3-1-2-6-16(9,14)15/h8-9H,1-7,11H2. The van der Waals surface area contributed by atoms with Crippen molar-refractivity contribution >= 4 is 15.7 Å². The Morgan fingerprint density at radius 1 is 1.25 bits per heavy atom. The molecule has 2 aliphatic heterocycles. The van der Waals surface area contributed by atoms with E-state index in [1.54, 1.807) is 4.90 Å². The van der Waals surface area contributed by atoms with E-state index in [9.17, 15) is 13.2 Å². The van der Waals surface area contributed by atoms with Crippen molar-refractivity contribution in [3.63, 3.8) is 0 Å². The molecule has 0 bridgehead atoms. The quantitative estimate of drug-likeness (QED) is 0.677. The molecular weight excluding hydrogens is 228 g/mol. The number of nitrogens with zero attached hydrogens (tertiary/aromatic N) is 1. The normalized spacial score (nSPS) is 33.9. The minimum absolute atomic E-state index is 0.00949. The Kier molecular flexibility index (Phi) is 3.21. The lowest BCUT2D eigenvalue weighted by molar-refractivity contribution is -0.129. The monoisotopic (exact) mass is 246 g/mol. The van der Waals surface area contributed by atoms with Crippen molar-refractivity contribution in [3.05, 3.63) is 0 Å². The Balaban J connectivity index is 2.09. The molecule has 2 unspecified atom stereocenters. The summed E-state index contributed by atoms with van der Waals surface area (Å²) in [6, 6.07) is 0.00949. The maximum Gasteiger partial charge on any atom is 0.240 e. The topological polar surface area (TPSA) is 80.5 Å². The van der Waals surface area contributed by atoms with Crippen LogP contribution in [-0.2, 0) is 14.6 Å². The second-order valence-electron chi connectivity index (χ2n) is 4.68. The Morgan fingerprint density at radius 3 is 2.56 bits per heavy atom. The zero-order chi connectivity index (χ0) is 11.8. The van der Waals surface area contributed by atoms with Crippen LogP contribution in [-0.4, -0.2) is 49.4 Å². The SMILES string of the molecule is NC1CCN(C(=O)C2CCCCS2(=O)=O)C1. The van der Waals surface area contributed by atoms with Gasteiger partial charge in [-0.3, -0.25) is 4.79 Å². The summed E-state index contributed by atoms with van der Waals surface area (Å²) in [6.45, 7) is 1.11. The predicted molar refractivity (Wildman–Crippen MR) is 60.6 cm³/mol. The van der Waals surface area contributed by atoms with Crippen LogP contribution in [0.4, 0.5) is 0 Å². The van der Waals surface area contributed by atoms with Gasteiger partial charge in [-0.2, -0.15) is 0 Å². The van der Waals surface area contributed by atoms with Crippen LogP contribution in [0, 0.1) is 0 Å². The van der Waals surface area contributed by atoms with Gasteiger partial charge in [0.25, 0.3) is 0 Å². The predicted octanol–water partition coefficient (Wildman–Crippen LogP) is -0.487. The van der Waals surface area contributed by atoms with Crippen LogP contribution in [0.15, 0.2) is 0 Å². The summed E-state index contributed by atoms with van der Waals surface area (Å²) < 4.78 is 23.6. The molecule has 1 amide bonds. The number of carbonyl (C=O) groups is 1. The van der Waals surface area contributed by atoms with Gasteiger partial charge in [0.15, 0.2) is 9.84 Å². The summed E-state index contributed by atoms with van der Waals surface area (Å²) in [6.07, 6.45) is 2.77. The van der Waals surface area contributed by atoms with E-state index in [2.05, 4.69) is 0 Å². The van der Waals surface area contributed by atoms with Gasteiger partial charge in [0, 0.05) is 19.1 Å². The van der Waals surface area contributed by atoms with Crippen LogP contribution in [0.1, 0.15) is 25.7 Å². The second kappa shape index (κ2) is 4.33. The van der Waals surface area contributed by atoms with E-state index in [1.807, 2.05) is 0 Å². The second-order valence-corrected chi connectivity index (χ2v) is 6.99. The molecule has 92 valence electrons. The van der Waals surface area contributed by atoms with E-state index < -0.39 is 15.1 Å². The van der Waals surface area contributed by atoms with Crippen molar-refractivity contribution in [1.29, 1.82) is 0 Å². The van der Waals surface area contributed by atoms with Crippen LogP contribution < -0.4 is 5.73 Å². The van der Waals surface area contributed by atoms with Crippen molar-refractivity contribution in [1.82, 2.24) is 4.90 Å². The molecule has 2 fully saturated rings. The molecule has 6 heteroatoms. The highest BCUT2D eigenvalue weighted by atomic mass is 32.2. The van der Waals surface area contributed by atoms with Crippen LogP contribution in [0.2, 0.25) is 0 Å².